The fourth-order valence-electron chi connectivity index (χ4n) is 2.37. The maximum atomic E-state index is 8.53. The molecule has 1 rings (SSSR count). The SMILES string of the molecule is CN1CCCCC1CCNCCCOCCO. The first-order valence-corrected chi connectivity index (χ1v) is 6.94. The summed E-state index contributed by atoms with van der Waals surface area (Å²) in [7, 11) is 2.24. The zero-order valence-electron chi connectivity index (χ0n) is 11.2. The molecule has 0 aliphatic carbocycles. The zero-order valence-corrected chi connectivity index (χ0v) is 11.2. The van der Waals surface area contributed by atoms with Gasteiger partial charge >= 0.3 is 0 Å². The Morgan fingerprint density at radius 3 is 2.94 bits per heavy atom. The van der Waals surface area contributed by atoms with Gasteiger partial charge in [-0.25, -0.2) is 0 Å². The highest BCUT2D eigenvalue weighted by Gasteiger charge is 2.17. The summed E-state index contributed by atoms with van der Waals surface area (Å²) in [6.07, 6.45) is 6.40. The second-order valence-electron chi connectivity index (χ2n) is 4.86. The molecule has 1 aliphatic heterocycles. The van der Waals surface area contributed by atoms with Crippen molar-refractivity contribution in [2.45, 2.75) is 38.1 Å². The summed E-state index contributed by atoms with van der Waals surface area (Å²) in [5, 5.41) is 12.0. The van der Waals surface area contributed by atoms with E-state index in [1.54, 1.807) is 0 Å². The number of hydrogen-bond donors (Lipinski definition) is 2. The summed E-state index contributed by atoms with van der Waals surface area (Å²) in [6, 6.07) is 0.780. The Balaban J connectivity index is 1.86. The maximum absolute atomic E-state index is 8.53. The van der Waals surface area contributed by atoms with Crippen LogP contribution in [0.25, 0.3) is 0 Å². The number of hydrogen-bond acceptors (Lipinski definition) is 4. The molecule has 1 fully saturated rings. The van der Waals surface area contributed by atoms with Crippen molar-refractivity contribution in [3.63, 3.8) is 0 Å². The number of ether oxygens (including phenoxy) is 1. The molecule has 0 amide bonds. The lowest BCUT2D eigenvalue weighted by molar-refractivity contribution is 0.0906. The van der Waals surface area contributed by atoms with Crippen LogP contribution < -0.4 is 5.32 Å². The van der Waals surface area contributed by atoms with Gasteiger partial charge in [-0.3, -0.25) is 0 Å². The smallest absolute Gasteiger partial charge is 0.0697 e. The second kappa shape index (κ2) is 9.83. The first kappa shape index (κ1) is 14.9. The predicted molar refractivity (Wildman–Crippen MR) is 70.3 cm³/mol. The van der Waals surface area contributed by atoms with Crippen LogP contribution in [0.4, 0.5) is 0 Å². The first-order valence-electron chi connectivity index (χ1n) is 6.94. The first-order chi connectivity index (χ1) is 8.34. The predicted octanol–water partition coefficient (Wildman–Crippen LogP) is 0.849. The van der Waals surface area contributed by atoms with Crippen molar-refractivity contribution >= 4 is 0 Å². The molecule has 1 saturated heterocycles. The minimum absolute atomic E-state index is 0.126. The molecule has 0 radical (unpaired) electrons. The van der Waals surface area contributed by atoms with Crippen molar-refractivity contribution in [1.29, 1.82) is 0 Å². The number of aliphatic hydroxyl groups excluding tert-OH is 1. The Bertz CT molecular complexity index is 179. The van der Waals surface area contributed by atoms with Gasteiger partial charge in [-0.2, -0.15) is 0 Å². The van der Waals surface area contributed by atoms with E-state index in [1.807, 2.05) is 0 Å². The summed E-state index contributed by atoms with van der Waals surface area (Å²) in [6.45, 7) is 4.72. The van der Waals surface area contributed by atoms with E-state index in [9.17, 15) is 0 Å². The standard InChI is InChI=1S/C13H28N2O2/c1-15-9-3-2-5-13(15)6-8-14-7-4-11-17-12-10-16/h13-14,16H,2-12H2,1H3. The van der Waals surface area contributed by atoms with E-state index in [0.717, 1.165) is 32.2 Å². The fraction of sp³-hybridized carbons (Fsp3) is 1.00. The minimum Gasteiger partial charge on any atom is -0.394 e. The van der Waals surface area contributed by atoms with Gasteiger partial charge < -0.3 is 20.1 Å². The molecular formula is C13H28N2O2. The lowest BCUT2D eigenvalue weighted by atomic mass is 10.0. The number of aliphatic hydroxyl groups is 1. The molecule has 0 spiro atoms. The molecule has 4 heteroatoms. The Morgan fingerprint density at radius 2 is 2.18 bits per heavy atom. The molecule has 2 N–H and O–H groups in total. The Labute approximate surface area is 105 Å². The Hall–Kier alpha value is -0.160. The van der Waals surface area contributed by atoms with Crippen molar-refractivity contribution in [3.05, 3.63) is 0 Å². The molecule has 1 heterocycles. The molecule has 0 aromatic rings. The number of likely N-dealkylation sites (tertiary alicyclic amines) is 1. The van der Waals surface area contributed by atoms with Crippen LogP contribution in [0.1, 0.15) is 32.1 Å². The molecule has 17 heavy (non-hydrogen) atoms. The van der Waals surface area contributed by atoms with Crippen LogP contribution in [0.15, 0.2) is 0 Å². The van der Waals surface area contributed by atoms with Gasteiger partial charge in [0.25, 0.3) is 0 Å². The van der Waals surface area contributed by atoms with Gasteiger partial charge in [-0.1, -0.05) is 6.42 Å². The lowest BCUT2D eigenvalue weighted by Crippen LogP contribution is -2.38. The van der Waals surface area contributed by atoms with Crippen LogP contribution in [0.5, 0.6) is 0 Å². The van der Waals surface area contributed by atoms with Crippen molar-refractivity contribution in [2.24, 2.45) is 0 Å². The summed E-state index contributed by atoms with van der Waals surface area (Å²) >= 11 is 0. The summed E-state index contributed by atoms with van der Waals surface area (Å²) in [4.78, 5) is 2.50. The molecule has 0 aromatic carbocycles. The number of rotatable bonds is 9. The van der Waals surface area contributed by atoms with E-state index < -0.39 is 0 Å². The molecule has 1 atom stereocenters. The van der Waals surface area contributed by atoms with Crippen LogP contribution in [0.2, 0.25) is 0 Å². The van der Waals surface area contributed by atoms with Gasteiger partial charge in [0.1, 0.15) is 0 Å². The summed E-state index contributed by atoms with van der Waals surface area (Å²) < 4.78 is 5.20. The largest absolute Gasteiger partial charge is 0.394 e. The molecule has 1 aliphatic rings. The fourth-order valence-corrected chi connectivity index (χ4v) is 2.37. The van der Waals surface area contributed by atoms with Crippen molar-refractivity contribution in [1.82, 2.24) is 10.2 Å². The van der Waals surface area contributed by atoms with E-state index in [0.29, 0.717) is 6.61 Å². The zero-order chi connectivity index (χ0) is 12.3. The highest BCUT2D eigenvalue weighted by Crippen LogP contribution is 2.16. The van der Waals surface area contributed by atoms with Crippen LogP contribution in [-0.4, -0.2) is 62.6 Å². The molecule has 1 unspecified atom stereocenters. The summed E-state index contributed by atoms with van der Waals surface area (Å²) in [5.74, 6) is 0. The van der Waals surface area contributed by atoms with Crippen molar-refractivity contribution in [3.8, 4) is 0 Å². The van der Waals surface area contributed by atoms with Crippen LogP contribution in [0.3, 0.4) is 0 Å². The van der Waals surface area contributed by atoms with E-state index in [4.69, 9.17) is 9.84 Å². The van der Waals surface area contributed by atoms with E-state index in [-0.39, 0.29) is 6.61 Å². The number of piperidine rings is 1. The Morgan fingerprint density at radius 1 is 1.29 bits per heavy atom. The van der Waals surface area contributed by atoms with E-state index >= 15 is 0 Å². The van der Waals surface area contributed by atoms with Gasteiger partial charge in [0, 0.05) is 12.6 Å². The normalized spacial score (nSPS) is 21.9. The number of nitrogens with zero attached hydrogens (tertiary/aromatic N) is 1. The topological polar surface area (TPSA) is 44.7 Å². The van der Waals surface area contributed by atoms with Gasteiger partial charge in [0.05, 0.1) is 13.2 Å². The van der Waals surface area contributed by atoms with Gasteiger partial charge in [-0.15, -0.1) is 0 Å². The second-order valence-corrected chi connectivity index (χ2v) is 4.86. The third-order valence-corrected chi connectivity index (χ3v) is 3.45. The summed E-state index contributed by atoms with van der Waals surface area (Å²) in [5.41, 5.74) is 0. The third kappa shape index (κ3) is 6.99. The minimum atomic E-state index is 0.126. The van der Waals surface area contributed by atoms with Gasteiger partial charge in [0.2, 0.25) is 0 Å². The van der Waals surface area contributed by atoms with Crippen LogP contribution >= 0.6 is 0 Å². The van der Waals surface area contributed by atoms with Crippen molar-refractivity contribution in [2.75, 3.05) is 46.5 Å². The van der Waals surface area contributed by atoms with Gasteiger partial charge in [-0.05, 0) is 52.4 Å². The molecular weight excluding hydrogens is 216 g/mol. The maximum Gasteiger partial charge on any atom is 0.0697 e. The molecule has 0 bridgehead atoms. The highest BCUT2D eigenvalue weighted by atomic mass is 16.5. The molecule has 4 nitrogen and oxygen atoms in total. The highest BCUT2D eigenvalue weighted by molar-refractivity contribution is 4.74. The Kier molecular flexibility index (Phi) is 8.61. The molecule has 102 valence electrons. The van der Waals surface area contributed by atoms with Crippen LogP contribution in [-0.2, 0) is 4.74 Å². The number of nitrogens with one attached hydrogen (secondary N) is 1. The molecule has 0 aromatic heterocycles. The monoisotopic (exact) mass is 244 g/mol. The van der Waals surface area contributed by atoms with Crippen LogP contribution in [0, 0.1) is 0 Å². The van der Waals surface area contributed by atoms with Gasteiger partial charge in [0.15, 0.2) is 0 Å². The lowest BCUT2D eigenvalue weighted by Gasteiger charge is -2.32. The average Bonchev–Trinajstić information content (AvgIpc) is 2.35. The molecule has 0 saturated carbocycles. The van der Waals surface area contributed by atoms with E-state index in [2.05, 4.69) is 17.3 Å². The van der Waals surface area contributed by atoms with E-state index in [1.165, 1.54) is 32.2 Å². The average molecular weight is 244 g/mol. The van der Waals surface area contributed by atoms with Crippen molar-refractivity contribution < 1.29 is 9.84 Å². The quantitative estimate of drug-likeness (QED) is 0.590. The third-order valence-electron chi connectivity index (χ3n) is 3.45.